The molecule has 3 aromatic carbocycles. The predicted octanol–water partition coefficient (Wildman–Crippen LogP) is 10.5. The second-order valence-electron chi connectivity index (χ2n) is 17.3. The van der Waals surface area contributed by atoms with Crippen LogP contribution in [0.3, 0.4) is 0 Å². The van der Waals surface area contributed by atoms with E-state index in [1.54, 1.807) is 36.2 Å². The van der Waals surface area contributed by atoms with Gasteiger partial charge in [0.05, 0.1) is 16.7 Å². The van der Waals surface area contributed by atoms with Gasteiger partial charge in [0.25, 0.3) is 15.9 Å². The fourth-order valence-electron chi connectivity index (χ4n) is 8.78. The highest BCUT2D eigenvalue weighted by Gasteiger charge is 2.31. The minimum atomic E-state index is -4.21. The van der Waals surface area contributed by atoms with Crippen molar-refractivity contribution in [1.82, 2.24) is 14.7 Å². The van der Waals surface area contributed by atoms with Gasteiger partial charge in [-0.15, -0.1) is 0 Å². The number of nitrogens with one attached hydrogen (secondary N) is 3. The number of nitrogens with zero attached hydrogens (tertiary/aromatic N) is 2. The smallest absolute Gasteiger partial charge is 0.268 e. The van der Waals surface area contributed by atoms with Crippen molar-refractivity contribution in [2.75, 3.05) is 43.1 Å². The number of fused-ring (bicyclic) bond motifs is 1. The van der Waals surface area contributed by atoms with Gasteiger partial charge in [-0.05, 0) is 147 Å². The average molecular weight is 836 g/mol. The maximum atomic E-state index is 13.9. The Hall–Kier alpha value is -4.84. The Morgan fingerprint density at radius 1 is 0.983 bits per heavy atom. The lowest BCUT2D eigenvalue weighted by Gasteiger charge is -2.37. The van der Waals surface area contributed by atoms with E-state index in [1.165, 1.54) is 23.6 Å². The summed E-state index contributed by atoms with van der Waals surface area (Å²) in [5.41, 5.74) is 7.98. The van der Waals surface area contributed by atoms with E-state index in [0.29, 0.717) is 23.2 Å². The highest BCUT2D eigenvalue weighted by molar-refractivity contribution is 7.90. The molecule has 2 fully saturated rings. The lowest BCUT2D eigenvalue weighted by atomic mass is 9.70. The summed E-state index contributed by atoms with van der Waals surface area (Å²) in [5.74, 6) is 0.981. The Kier molecular flexibility index (Phi) is 12.1. The third kappa shape index (κ3) is 9.80. The first-order chi connectivity index (χ1) is 28.4. The Labute approximate surface area is 352 Å². The first-order valence-electron chi connectivity index (χ1n) is 20.9. The third-order valence-corrected chi connectivity index (χ3v) is 13.9. The largest absolute Gasteiger partial charge is 0.455 e. The quantitative estimate of drug-likeness (QED) is 0.113. The number of hydrogen-bond acceptors (Lipinski definition) is 8. The molecule has 0 bridgehead atoms. The van der Waals surface area contributed by atoms with Crippen molar-refractivity contribution >= 4 is 55.5 Å². The van der Waals surface area contributed by atoms with Crippen LogP contribution in [0.25, 0.3) is 16.6 Å². The maximum absolute atomic E-state index is 13.9. The third-order valence-electron chi connectivity index (χ3n) is 12.4. The first kappa shape index (κ1) is 40.9. The molecule has 0 unspecified atom stereocenters. The molecule has 0 saturated carbocycles. The highest BCUT2D eigenvalue weighted by atomic mass is 35.5. The van der Waals surface area contributed by atoms with Gasteiger partial charge < -0.3 is 24.7 Å². The van der Waals surface area contributed by atoms with Crippen LogP contribution in [0, 0.1) is 24.2 Å². The number of amides is 1. The van der Waals surface area contributed by atoms with Crippen LogP contribution in [-0.2, 0) is 14.8 Å². The first-order valence-corrected chi connectivity index (χ1v) is 22.7. The molecule has 0 radical (unpaired) electrons. The van der Waals surface area contributed by atoms with Crippen molar-refractivity contribution in [3.05, 3.63) is 112 Å². The minimum Gasteiger partial charge on any atom is -0.455 e. The van der Waals surface area contributed by atoms with E-state index in [2.05, 4.69) is 50.9 Å². The van der Waals surface area contributed by atoms with Crippen LogP contribution < -0.4 is 19.7 Å². The van der Waals surface area contributed by atoms with Gasteiger partial charge in [0, 0.05) is 66.9 Å². The molecule has 4 heterocycles. The van der Waals surface area contributed by atoms with Crippen molar-refractivity contribution < 1.29 is 22.7 Å². The molecule has 12 heteroatoms. The van der Waals surface area contributed by atoms with Gasteiger partial charge >= 0.3 is 0 Å². The number of ether oxygens (including phenoxy) is 2. The zero-order valence-corrected chi connectivity index (χ0v) is 35.7. The second kappa shape index (κ2) is 17.4. The fraction of sp³-hybridized carbons (Fsp3) is 0.404. The van der Waals surface area contributed by atoms with Crippen molar-refractivity contribution in [2.45, 2.75) is 77.0 Å². The van der Waals surface area contributed by atoms with Gasteiger partial charge in [-0.1, -0.05) is 43.2 Å². The van der Waals surface area contributed by atoms with Gasteiger partial charge in [-0.25, -0.2) is 18.1 Å². The van der Waals surface area contributed by atoms with Crippen LogP contribution in [0.1, 0.15) is 86.7 Å². The maximum Gasteiger partial charge on any atom is 0.268 e. The number of anilines is 2. The van der Waals surface area contributed by atoms with E-state index < -0.39 is 15.9 Å². The SMILES string of the molecule is Cc1cc(S(=O)(=O)NC(=O)c2ccc(N3CCC(CC4=C(c5ccc(Cl)cc5)CC(C)(C)CC4)CC3)cc2Oc2cnc3[nH]ccc3c2)ccc1NCC1CCOCC1. The predicted molar refractivity (Wildman–Crippen MR) is 236 cm³/mol. The Morgan fingerprint density at radius 3 is 2.53 bits per heavy atom. The van der Waals surface area contributed by atoms with E-state index in [9.17, 15) is 13.2 Å². The number of sulfonamides is 1. The number of aromatic nitrogens is 2. The number of allylic oxidation sites excluding steroid dienone is 2. The molecule has 10 nitrogen and oxygen atoms in total. The monoisotopic (exact) mass is 835 g/mol. The molecule has 0 spiro atoms. The van der Waals surface area contributed by atoms with Crippen LogP contribution in [0.2, 0.25) is 5.02 Å². The number of aryl methyl sites for hydroxylation is 1. The van der Waals surface area contributed by atoms with E-state index in [0.717, 1.165) is 105 Å². The van der Waals surface area contributed by atoms with Gasteiger partial charge in [-0.3, -0.25) is 4.79 Å². The average Bonchev–Trinajstić information content (AvgIpc) is 3.70. The Balaban J connectivity index is 0.986. The zero-order chi connectivity index (χ0) is 41.1. The molecule has 2 aliphatic heterocycles. The van der Waals surface area contributed by atoms with Crippen molar-refractivity contribution in [3.63, 3.8) is 0 Å². The number of halogens is 1. The Bertz CT molecular complexity index is 2450. The molecule has 1 aliphatic carbocycles. The molecule has 8 rings (SSSR count). The van der Waals surface area contributed by atoms with Crippen LogP contribution in [0.4, 0.5) is 11.4 Å². The van der Waals surface area contributed by atoms with Crippen LogP contribution in [0.5, 0.6) is 11.5 Å². The van der Waals surface area contributed by atoms with Crippen molar-refractivity contribution in [1.29, 1.82) is 0 Å². The molecule has 2 saturated heterocycles. The highest BCUT2D eigenvalue weighted by Crippen LogP contribution is 2.46. The lowest BCUT2D eigenvalue weighted by molar-refractivity contribution is 0.0699. The lowest BCUT2D eigenvalue weighted by Crippen LogP contribution is -2.34. The molecule has 310 valence electrons. The molecular formula is C47H54ClN5O5S. The van der Waals surface area contributed by atoms with Crippen LogP contribution in [0.15, 0.2) is 95.7 Å². The minimum absolute atomic E-state index is 0.0111. The summed E-state index contributed by atoms with van der Waals surface area (Å²) in [6, 6.07) is 22.3. The molecule has 3 N–H and O–H groups in total. The number of carbonyl (C=O) groups excluding carboxylic acids is 1. The van der Waals surface area contributed by atoms with Crippen molar-refractivity contribution in [3.8, 4) is 11.5 Å². The van der Waals surface area contributed by atoms with Crippen molar-refractivity contribution in [2.24, 2.45) is 17.3 Å². The molecule has 0 atom stereocenters. The molecule has 1 amide bonds. The van der Waals surface area contributed by atoms with E-state index in [1.807, 2.05) is 43.3 Å². The summed E-state index contributed by atoms with van der Waals surface area (Å²) >= 11 is 6.26. The number of pyridine rings is 1. The summed E-state index contributed by atoms with van der Waals surface area (Å²) in [4.78, 5) is 23.8. The number of aromatic amines is 1. The van der Waals surface area contributed by atoms with Gasteiger partial charge in [0.15, 0.2) is 0 Å². The fourth-order valence-corrected chi connectivity index (χ4v) is 9.96. The normalized spacial score (nSPS) is 17.9. The summed E-state index contributed by atoms with van der Waals surface area (Å²) in [6.07, 6.45) is 11.9. The topological polar surface area (TPSA) is 126 Å². The summed E-state index contributed by atoms with van der Waals surface area (Å²) in [6.45, 7) is 10.6. The van der Waals surface area contributed by atoms with Gasteiger partial charge in [0.2, 0.25) is 0 Å². The second-order valence-corrected chi connectivity index (χ2v) is 19.4. The Morgan fingerprint density at radius 2 is 1.76 bits per heavy atom. The number of rotatable bonds is 12. The number of benzene rings is 3. The molecule has 59 heavy (non-hydrogen) atoms. The number of H-pyrrole nitrogens is 1. The summed E-state index contributed by atoms with van der Waals surface area (Å²) < 4.78 is 41.5. The van der Waals surface area contributed by atoms with E-state index in [-0.39, 0.29) is 21.6 Å². The number of hydrogen-bond donors (Lipinski definition) is 3. The molecule has 3 aliphatic rings. The van der Waals surface area contributed by atoms with E-state index in [4.69, 9.17) is 21.1 Å². The van der Waals surface area contributed by atoms with Gasteiger partial charge in [-0.2, -0.15) is 0 Å². The van der Waals surface area contributed by atoms with Gasteiger partial charge in [0.1, 0.15) is 17.1 Å². The van der Waals surface area contributed by atoms with Crippen LogP contribution >= 0.6 is 11.6 Å². The number of piperidine rings is 1. The summed E-state index contributed by atoms with van der Waals surface area (Å²) in [7, 11) is -4.21. The number of carbonyl (C=O) groups is 1. The standard InChI is InChI=1S/C47H54ClN5O5S/c1-31-24-40(9-11-43(31)50-29-33-16-22-57-23-17-33)59(55,56)52-46(54)41-10-8-38(27-44(41)58-39-26-36-13-19-49-45(36)51-30-39)53-20-14-32(15-21-53)25-35-12-18-47(2,3)28-42(35)34-4-6-37(48)7-5-34/h4-11,13,19,24,26-27,30,32-33,50H,12,14-18,20-23,25,28-29H2,1-3H3,(H,49,51)(H,52,54). The molecular weight excluding hydrogens is 782 g/mol. The summed E-state index contributed by atoms with van der Waals surface area (Å²) in [5, 5.41) is 5.07. The zero-order valence-electron chi connectivity index (χ0n) is 34.2. The molecule has 5 aromatic rings. The van der Waals surface area contributed by atoms with Crippen LogP contribution in [-0.4, -0.2) is 57.1 Å². The molecule has 2 aromatic heterocycles. The van der Waals surface area contributed by atoms with E-state index >= 15 is 0 Å².